The molecule has 0 aliphatic heterocycles. The lowest BCUT2D eigenvalue weighted by Crippen LogP contribution is -2.39. The molecule has 1 aliphatic carbocycles. The molecule has 0 aromatic heterocycles. The molecule has 8 heteroatoms. The molecular weight excluding hydrogens is 326 g/mol. The molecule has 1 fully saturated rings. The number of nitrogens with zero attached hydrogens (tertiary/aromatic N) is 2. The van der Waals surface area contributed by atoms with E-state index in [2.05, 4.69) is 10.5 Å². The molecule has 1 amide bonds. The van der Waals surface area contributed by atoms with Gasteiger partial charge in [0.25, 0.3) is 5.91 Å². The molecule has 1 aromatic carbocycles. The molecule has 0 unspecified atom stereocenters. The maximum atomic E-state index is 12.0. The van der Waals surface area contributed by atoms with Crippen LogP contribution >= 0.6 is 11.6 Å². The number of anilines is 1. The highest BCUT2D eigenvalue weighted by molar-refractivity contribution is 7.92. The quantitative estimate of drug-likeness (QED) is 0.832. The lowest BCUT2D eigenvalue weighted by atomic mass is 10.3. The van der Waals surface area contributed by atoms with Crippen molar-refractivity contribution in [2.24, 2.45) is 5.10 Å². The van der Waals surface area contributed by atoms with E-state index in [9.17, 15) is 13.2 Å². The highest BCUT2D eigenvalue weighted by Gasteiger charge is 2.21. The third-order valence-electron chi connectivity index (χ3n) is 3.30. The van der Waals surface area contributed by atoms with E-state index in [4.69, 9.17) is 11.6 Å². The first-order valence-corrected chi connectivity index (χ1v) is 9.16. The smallest absolute Gasteiger partial charge is 0.260 e. The van der Waals surface area contributed by atoms with Crippen LogP contribution in [-0.4, -0.2) is 32.8 Å². The van der Waals surface area contributed by atoms with Crippen LogP contribution in [0.15, 0.2) is 29.4 Å². The molecule has 0 saturated heterocycles. The van der Waals surface area contributed by atoms with Crippen LogP contribution in [0.5, 0.6) is 0 Å². The van der Waals surface area contributed by atoms with Gasteiger partial charge in [0.1, 0.15) is 6.54 Å². The van der Waals surface area contributed by atoms with Crippen molar-refractivity contribution in [2.45, 2.75) is 25.7 Å². The first-order chi connectivity index (χ1) is 10.4. The van der Waals surface area contributed by atoms with Crippen molar-refractivity contribution in [2.75, 3.05) is 17.1 Å². The van der Waals surface area contributed by atoms with Gasteiger partial charge in [-0.05, 0) is 43.9 Å². The highest BCUT2D eigenvalue weighted by atomic mass is 35.5. The van der Waals surface area contributed by atoms with Crippen LogP contribution in [0, 0.1) is 0 Å². The van der Waals surface area contributed by atoms with Crippen LogP contribution in [0.4, 0.5) is 5.69 Å². The summed E-state index contributed by atoms with van der Waals surface area (Å²) >= 11 is 5.88. The van der Waals surface area contributed by atoms with Crippen LogP contribution in [0.25, 0.3) is 0 Å². The molecule has 0 bridgehead atoms. The first-order valence-electron chi connectivity index (χ1n) is 6.94. The van der Waals surface area contributed by atoms with Gasteiger partial charge in [-0.3, -0.25) is 9.10 Å². The summed E-state index contributed by atoms with van der Waals surface area (Å²) in [6.45, 7) is -0.337. The van der Waals surface area contributed by atoms with Crippen molar-refractivity contribution in [1.82, 2.24) is 5.43 Å². The molecule has 0 heterocycles. The van der Waals surface area contributed by atoms with E-state index in [1.54, 1.807) is 18.2 Å². The Labute approximate surface area is 135 Å². The van der Waals surface area contributed by atoms with Gasteiger partial charge in [0, 0.05) is 10.7 Å². The Morgan fingerprint density at radius 2 is 2.05 bits per heavy atom. The molecule has 1 aliphatic rings. The molecular formula is C14H18ClN3O3S. The van der Waals surface area contributed by atoms with Crippen molar-refractivity contribution in [3.8, 4) is 0 Å². The largest absolute Gasteiger partial charge is 0.271 e. The fourth-order valence-corrected chi connectivity index (χ4v) is 3.27. The van der Waals surface area contributed by atoms with Gasteiger partial charge < -0.3 is 0 Å². The molecule has 120 valence electrons. The maximum absolute atomic E-state index is 12.0. The lowest BCUT2D eigenvalue weighted by molar-refractivity contribution is -0.119. The summed E-state index contributed by atoms with van der Waals surface area (Å²) in [5, 5.41) is 4.44. The summed E-state index contributed by atoms with van der Waals surface area (Å²) in [5.41, 5.74) is 3.71. The van der Waals surface area contributed by atoms with E-state index < -0.39 is 15.9 Å². The summed E-state index contributed by atoms with van der Waals surface area (Å²) in [5.74, 6) is -0.482. The number of hydrogen-bond acceptors (Lipinski definition) is 4. The number of hydrogen-bond donors (Lipinski definition) is 1. The van der Waals surface area contributed by atoms with E-state index in [-0.39, 0.29) is 6.54 Å². The number of benzene rings is 1. The molecule has 1 saturated carbocycles. The number of sulfonamides is 1. The fourth-order valence-electron chi connectivity index (χ4n) is 2.23. The van der Waals surface area contributed by atoms with Crippen molar-refractivity contribution < 1.29 is 13.2 Å². The topological polar surface area (TPSA) is 78.8 Å². The van der Waals surface area contributed by atoms with Crippen LogP contribution < -0.4 is 9.73 Å². The molecule has 2 rings (SSSR count). The van der Waals surface area contributed by atoms with Crippen LogP contribution in [0.2, 0.25) is 5.02 Å². The second kappa shape index (κ2) is 7.11. The lowest BCUT2D eigenvalue weighted by Gasteiger charge is -2.21. The average Bonchev–Trinajstić information content (AvgIpc) is 2.94. The number of rotatable bonds is 5. The van der Waals surface area contributed by atoms with Crippen molar-refractivity contribution in [3.05, 3.63) is 29.3 Å². The zero-order valence-electron chi connectivity index (χ0n) is 12.3. The van der Waals surface area contributed by atoms with Gasteiger partial charge >= 0.3 is 0 Å². The summed E-state index contributed by atoms with van der Waals surface area (Å²) in [7, 11) is -3.60. The zero-order valence-corrected chi connectivity index (χ0v) is 13.8. The Hall–Kier alpha value is -1.60. The number of hydrazone groups is 1. The first kappa shape index (κ1) is 16.8. The second-order valence-electron chi connectivity index (χ2n) is 5.17. The number of carbonyl (C=O) groups excluding carboxylic acids is 1. The molecule has 6 nitrogen and oxygen atoms in total. The molecule has 1 N–H and O–H groups in total. The van der Waals surface area contributed by atoms with E-state index in [0.29, 0.717) is 10.7 Å². The Kier molecular flexibility index (Phi) is 5.42. The number of nitrogens with one attached hydrogen (secondary N) is 1. The van der Waals surface area contributed by atoms with E-state index in [1.165, 1.54) is 6.07 Å². The minimum absolute atomic E-state index is 0.337. The standard InChI is InChI=1S/C14H18ClN3O3S/c1-22(20,21)18(13-8-4-5-11(15)9-13)10-14(19)17-16-12-6-2-3-7-12/h4-5,8-9H,2-3,6-7,10H2,1H3,(H,17,19). The summed E-state index contributed by atoms with van der Waals surface area (Å²) < 4.78 is 24.8. The van der Waals surface area contributed by atoms with Gasteiger partial charge in [0.15, 0.2) is 0 Å². The maximum Gasteiger partial charge on any atom is 0.260 e. The van der Waals surface area contributed by atoms with Gasteiger partial charge in [-0.15, -0.1) is 0 Å². The zero-order chi connectivity index (χ0) is 16.2. The van der Waals surface area contributed by atoms with Crippen LogP contribution in [0.1, 0.15) is 25.7 Å². The van der Waals surface area contributed by atoms with Gasteiger partial charge in [-0.2, -0.15) is 5.10 Å². The van der Waals surface area contributed by atoms with Gasteiger partial charge in [0.05, 0.1) is 11.9 Å². The Morgan fingerprint density at radius 3 is 2.64 bits per heavy atom. The van der Waals surface area contributed by atoms with E-state index >= 15 is 0 Å². The molecule has 0 atom stereocenters. The van der Waals surface area contributed by atoms with E-state index in [0.717, 1.165) is 42.0 Å². The Morgan fingerprint density at radius 1 is 1.36 bits per heavy atom. The van der Waals surface area contributed by atoms with E-state index in [1.807, 2.05) is 0 Å². The van der Waals surface area contributed by atoms with Crippen molar-refractivity contribution >= 4 is 38.9 Å². The predicted molar refractivity (Wildman–Crippen MR) is 87.7 cm³/mol. The third-order valence-corrected chi connectivity index (χ3v) is 4.68. The van der Waals surface area contributed by atoms with Crippen LogP contribution in [-0.2, 0) is 14.8 Å². The number of carbonyl (C=O) groups is 1. The fraction of sp³-hybridized carbons (Fsp3) is 0.429. The van der Waals surface area contributed by atoms with Gasteiger partial charge in [-0.1, -0.05) is 17.7 Å². The van der Waals surface area contributed by atoms with Gasteiger partial charge in [0.2, 0.25) is 10.0 Å². The number of halogens is 1. The molecule has 0 spiro atoms. The third kappa shape index (κ3) is 4.71. The normalized spacial score (nSPS) is 14.7. The monoisotopic (exact) mass is 343 g/mol. The second-order valence-corrected chi connectivity index (χ2v) is 7.51. The Bertz CT molecular complexity index is 680. The van der Waals surface area contributed by atoms with Crippen molar-refractivity contribution in [3.63, 3.8) is 0 Å². The van der Waals surface area contributed by atoms with Crippen molar-refractivity contribution in [1.29, 1.82) is 0 Å². The number of amides is 1. The average molecular weight is 344 g/mol. The SMILES string of the molecule is CS(=O)(=O)N(CC(=O)NN=C1CCCC1)c1cccc(Cl)c1. The minimum Gasteiger partial charge on any atom is -0.271 e. The summed E-state index contributed by atoms with van der Waals surface area (Å²) in [6.07, 6.45) is 4.96. The van der Waals surface area contributed by atoms with Gasteiger partial charge in [-0.25, -0.2) is 13.8 Å². The summed E-state index contributed by atoms with van der Waals surface area (Å²) in [4.78, 5) is 12.0. The molecule has 1 aromatic rings. The molecule has 22 heavy (non-hydrogen) atoms. The summed E-state index contributed by atoms with van der Waals surface area (Å²) in [6, 6.07) is 6.35. The predicted octanol–water partition coefficient (Wildman–Crippen LogP) is 2.15. The minimum atomic E-state index is -3.60. The Balaban J connectivity index is 2.10. The molecule has 0 radical (unpaired) electrons. The van der Waals surface area contributed by atoms with Crippen LogP contribution in [0.3, 0.4) is 0 Å². The highest BCUT2D eigenvalue weighted by Crippen LogP contribution is 2.21.